The number of Topliss-reactive ketones (excluding diaryl/α,β-unsaturated/α-hetero) is 1. The highest BCUT2D eigenvalue weighted by Crippen LogP contribution is 2.52. The lowest BCUT2D eigenvalue weighted by Crippen LogP contribution is -2.25. The molecule has 0 aromatic rings. The lowest BCUT2D eigenvalue weighted by atomic mass is 9.75. The number of aliphatic hydroxyl groups excluding tert-OH is 1. The van der Waals surface area contributed by atoms with Crippen molar-refractivity contribution in [3.8, 4) is 11.1 Å². The summed E-state index contributed by atoms with van der Waals surface area (Å²) in [5, 5.41) is 21.3. The van der Waals surface area contributed by atoms with Crippen molar-refractivity contribution < 1.29 is 29.3 Å². The number of rotatable bonds is 12. The number of allylic oxidation sites excluding steroid dienone is 11. The highest BCUT2D eigenvalue weighted by molar-refractivity contribution is 6.40. The molecule has 0 fully saturated rings. The highest BCUT2D eigenvalue weighted by Gasteiger charge is 2.43. The van der Waals surface area contributed by atoms with Gasteiger partial charge in [0.1, 0.15) is 5.76 Å². The minimum absolute atomic E-state index is 0.0216. The third-order valence-electron chi connectivity index (χ3n) is 9.87. The van der Waals surface area contributed by atoms with Gasteiger partial charge in [-0.1, -0.05) is 89.1 Å². The van der Waals surface area contributed by atoms with E-state index in [2.05, 4.69) is 58.9 Å². The van der Waals surface area contributed by atoms with Gasteiger partial charge in [0.25, 0.3) is 0 Å². The Morgan fingerprint density at radius 1 is 0.917 bits per heavy atom. The van der Waals surface area contributed by atoms with Crippen LogP contribution >= 0.6 is 0 Å². The van der Waals surface area contributed by atoms with Crippen LogP contribution in [0.2, 0.25) is 0 Å². The van der Waals surface area contributed by atoms with Crippen molar-refractivity contribution in [3.63, 3.8) is 0 Å². The van der Waals surface area contributed by atoms with Gasteiger partial charge in [0.05, 0.1) is 17.8 Å². The lowest BCUT2D eigenvalue weighted by Gasteiger charge is -2.27. The van der Waals surface area contributed by atoms with Crippen molar-refractivity contribution >= 4 is 23.3 Å². The lowest BCUT2D eigenvalue weighted by molar-refractivity contribution is -0.143. The smallest absolute Gasteiger partial charge is 0.306 e. The zero-order chi connectivity index (χ0) is 34.9. The SMILES string of the molecule is CCCCOC(=O)CCc1ccc(C(C)C)cc2c(C)cc(C3=C(O)/C(=C4/C=C(C)C5=CC(C(C)C)=CC=C(CCC(=O)O)C54)C3=O)c1-2. The van der Waals surface area contributed by atoms with Crippen LogP contribution in [0.25, 0.3) is 16.7 Å². The minimum atomic E-state index is -0.877. The standard InChI is InChI=1S/C42H48O6/c1-8-9-18-48-36(45)17-15-28-11-13-30(24(4)5)22-32-26(7)20-34(38(28)32)40-41(46)39(42(40)47)33-19-25(6)31-21-29(23(2)3)12-10-27(37(31)33)14-16-35(43)44/h10-13,19-24,37,46H,8-9,14-18H2,1-7H3,(H,43,44)/b39-33+. The van der Waals surface area contributed by atoms with Gasteiger partial charge in [0, 0.05) is 18.8 Å². The number of hydrogen-bond acceptors (Lipinski definition) is 5. The van der Waals surface area contributed by atoms with E-state index in [1.165, 1.54) is 0 Å². The van der Waals surface area contributed by atoms with E-state index in [4.69, 9.17) is 4.74 Å². The number of aliphatic carboxylic acids is 1. The van der Waals surface area contributed by atoms with Crippen LogP contribution in [0, 0.1) is 18.8 Å². The van der Waals surface area contributed by atoms with Gasteiger partial charge in [-0.05, 0) is 107 Å². The van der Waals surface area contributed by atoms with E-state index >= 15 is 0 Å². The molecular weight excluding hydrogens is 600 g/mol. The van der Waals surface area contributed by atoms with Crippen LogP contribution in [-0.4, -0.2) is 34.5 Å². The first-order chi connectivity index (χ1) is 22.8. The average Bonchev–Trinajstić information content (AvgIpc) is 3.31. The zero-order valence-electron chi connectivity index (χ0n) is 29.3. The predicted molar refractivity (Wildman–Crippen MR) is 191 cm³/mol. The number of carbonyl (C=O) groups excluding carboxylic acids is 2. The summed E-state index contributed by atoms with van der Waals surface area (Å²) in [5.74, 6) is -1.15. The molecule has 6 nitrogen and oxygen atoms in total. The molecular formula is C42H48O6. The van der Waals surface area contributed by atoms with E-state index in [9.17, 15) is 24.6 Å². The normalized spacial score (nSPS) is 19.2. The Balaban J connectivity index is 1.61. The van der Waals surface area contributed by atoms with Crippen molar-refractivity contribution in [3.05, 3.63) is 110 Å². The highest BCUT2D eigenvalue weighted by atomic mass is 16.5. The van der Waals surface area contributed by atoms with E-state index in [-0.39, 0.29) is 53.7 Å². The number of aryl methyl sites for hydroxylation is 2. The zero-order valence-corrected chi connectivity index (χ0v) is 29.3. The molecule has 6 heteroatoms. The van der Waals surface area contributed by atoms with Crippen molar-refractivity contribution in [2.24, 2.45) is 11.8 Å². The Morgan fingerprint density at radius 2 is 1.67 bits per heavy atom. The molecule has 0 radical (unpaired) electrons. The van der Waals surface area contributed by atoms with Crippen LogP contribution in [0.1, 0.15) is 102 Å². The molecule has 5 aliphatic rings. The van der Waals surface area contributed by atoms with E-state index in [1.54, 1.807) is 0 Å². The second-order valence-electron chi connectivity index (χ2n) is 14.0. The number of fused-ring (bicyclic) bond motifs is 2. The molecule has 0 aliphatic heterocycles. The molecule has 0 spiro atoms. The molecule has 252 valence electrons. The molecule has 0 heterocycles. The van der Waals surface area contributed by atoms with Crippen LogP contribution in [0.15, 0.2) is 87.8 Å². The number of carbonyl (C=O) groups is 3. The van der Waals surface area contributed by atoms with Crippen LogP contribution < -0.4 is 0 Å². The van der Waals surface area contributed by atoms with E-state index in [0.29, 0.717) is 30.6 Å². The molecule has 0 amide bonds. The summed E-state index contributed by atoms with van der Waals surface area (Å²) >= 11 is 0. The summed E-state index contributed by atoms with van der Waals surface area (Å²) in [5.41, 5.74) is 11.0. The Labute approximate surface area is 284 Å². The van der Waals surface area contributed by atoms with Gasteiger partial charge in [-0.3, -0.25) is 14.4 Å². The average molecular weight is 649 g/mol. The first-order valence-electron chi connectivity index (χ1n) is 17.3. The van der Waals surface area contributed by atoms with E-state index in [0.717, 1.165) is 68.5 Å². The summed E-state index contributed by atoms with van der Waals surface area (Å²) in [7, 11) is 0. The molecule has 48 heavy (non-hydrogen) atoms. The number of esters is 1. The minimum Gasteiger partial charge on any atom is -0.506 e. The van der Waals surface area contributed by atoms with Crippen LogP contribution in [-0.2, 0) is 25.5 Å². The molecule has 5 rings (SSSR count). The Morgan fingerprint density at radius 3 is 2.31 bits per heavy atom. The second-order valence-corrected chi connectivity index (χ2v) is 14.0. The van der Waals surface area contributed by atoms with Crippen LogP contribution in [0.4, 0.5) is 0 Å². The maximum Gasteiger partial charge on any atom is 0.306 e. The van der Waals surface area contributed by atoms with Gasteiger partial charge in [-0.2, -0.15) is 0 Å². The Kier molecular flexibility index (Phi) is 10.4. The number of aliphatic hydroxyl groups is 1. The summed E-state index contributed by atoms with van der Waals surface area (Å²) < 4.78 is 5.44. The number of hydrogen-bond donors (Lipinski definition) is 2. The van der Waals surface area contributed by atoms with Crippen molar-refractivity contribution in [1.82, 2.24) is 0 Å². The molecule has 1 unspecified atom stereocenters. The number of carboxylic acid groups (broad SMARTS) is 1. The number of carboxylic acids is 1. The molecule has 2 N–H and O–H groups in total. The molecule has 0 aromatic heterocycles. The molecule has 0 saturated heterocycles. The van der Waals surface area contributed by atoms with Gasteiger partial charge >= 0.3 is 11.9 Å². The van der Waals surface area contributed by atoms with Gasteiger partial charge in [0.15, 0.2) is 0 Å². The first kappa shape index (κ1) is 34.9. The molecule has 0 saturated carbocycles. The fourth-order valence-corrected chi connectivity index (χ4v) is 7.03. The van der Waals surface area contributed by atoms with Crippen molar-refractivity contribution in [2.75, 3.05) is 6.61 Å². The predicted octanol–water partition coefficient (Wildman–Crippen LogP) is 9.54. The quantitative estimate of drug-likeness (QED) is 0.135. The molecule has 0 bridgehead atoms. The third-order valence-corrected chi connectivity index (χ3v) is 9.87. The second kappa shape index (κ2) is 14.3. The van der Waals surface area contributed by atoms with Gasteiger partial charge < -0.3 is 14.9 Å². The third kappa shape index (κ3) is 6.76. The summed E-state index contributed by atoms with van der Waals surface area (Å²) in [6.45, 7) is 15.0. The van der Waals surface area contributed by atoms with Crippen LogP contribution in [0.3, 0.4) is 0 Å². The van der Waals surface area contributed by atoms with Gasteiger partial charge in [-0.25, -0.2) is 0 Å². The molecule has 0 aromatic carbocycles. The Bertz CT molecular complexity index is 1820. The summed E-state index contributed by atoms with van der Waals surface area (Å²) in [4.78, 5) is 38.5. The number of unbranched alkanes of at least 4 members (excludes halogenated alkanes) is 1. The largest absolute Gasteiger partial charge is 0.506 e. The van der Waals surface area contributed by atoms with Gasteiger partial charge in [0.2, 0.25) is 5.78 Å². The van der Waals surface area contributed by atoms with Crippen molar-refractivity contribution in [1.29, 1.82) is 0 Å². The monoisotopic (exact) mass is 648 g/mol. The van der Waals surface area contributed by atoms with E-state index < -0.39 is 5.97 Å². The topological polar surface area (TPSA) is 101 Å². The molecule has 5 aliphatic carbocycles. The Hall–Kier alpha value is -4.45. The maximum absolute atomic E-state index is 14.3. The van der Waals surface area contributed by atoms with Gasteiger partial charge in [-0.15, -0.1) is 0 Å². The summed E-state index contributed by atoms with van der Waals surface area (Å²) in [6.07, 6.45) is 11.0. The number of ketones is 1. The fourth-order valence-electron chi connectivity index (χ4n) is 7.03. The fraction of sp³-hybridized carbons (Fsp3) is 0.405. The summed E-state index contributed by atoms with van der Waals surface area (Å²) in [6, 6.07) is 8.27. The number of ether oxygens (including phenoxy) is 1. The van der Waals surface area contributed by atoms with Crippen LogP contribution in [0.5, 0.6) is 0 Å². The maximum atomic E-state index is 14.3. The molecule has 1 atom stereocenters. The first-order valence-corrected chi connectivity index (χ1v) is 17.3. The van der Waals surface area contributed by atoms with Crippen molar-refractivity contribution in [2.45, 2.75) is 92.9 Å². The van der Waals surface area contributed by atoms with E-state index in [1.807, 2.05) is 38.1 Å².